The van der Waals surface area contributed by atoms with E-state index in [0.29, 0.717) is 12.1 Å². The first kappa shape index (κ1) is 15.4. The normalized spacial score (nSPS) is 11.2. The third-order valence-corrected chi connectivity index (χ3v) is 4.32. The number of benzene rings is 1. The maximum Gasteiger partial charge on any atom is 0.251 e. The van der Waals surface area contributed by atoms with Gasteiger partial charge < -0.3 is 5.32 Å². The Kier molecular flexibility index (Phi) is 6.03. The van der Waals surface area contributed by atoms with Crippen molar-refractivity contribution in [2.75, 3.05) is 18.8 Å². The molecule has 0 spiro atoms. The highest BCUT2D eigenvalue weighted by molar-refractivity contribution is 14.1. The van der Waals surface area contributed by atoms with Crippen LogP contribution in [0, 0.1) is 3.57 Å². The highest BCUT2D eigenvalue weighted by Crippen LogP contribution is 2.06. The van der Waals surface area contributed by atoms with Crippen molar-refractivity contribution in [3.63, 3.8) is 0 Å². The quantitative estimate of drug-likeness (QED) is 0.720. The van der Waals surface area contributed by atoms with E-state index >= 15 is 0 Å². The maximum atomic E-state index is 11.7. The average Bonchev–Trinajstić information content (AvgIpc) is 2.29. The zero-order valence-corrected chi connectivity index (χ0v) is 12.9. The van der Waals surface area contributed by atoms with Gasteiger partial charge in [-0.3, -0.25) is 4.79 Å². The van der Waals surface area contributed by atoms with E-state index < -0.39 is 10.0 Å². The maximum absolute atomic E-state index is 11.7. The molecule has 7 heteroatoms. The van der Waals surface area contributed by atoms with E-state index in [1.165, 1.54) is 0 Å². The minimum absolute atomic E-state index is 0.0974. The Balaban J connectivity index is 2.45. The molecule has 0 aliphatic rings. The van der Waals surface area contributed by atoms with E-state index in [1.54, 1.807) is 19.1 Å². The number of amides is 1. The van der Waals surface area contributed by atoms with E-state index in [4.69, 9.17) is 0 Å². The van der Waals surface area contributed by atoms with E-state index in [1.807, 2.05) is 12.1 Å². The predicted octanol–water partition coefficient (Wildman–Crippen LogP) is 0.960. The molecule has 1 aromatic rings. The summed E-state index contributed by atoms with van der Waals surface area (Å²) in [5.41, 5.74) is 0.524. The fourth-order valence-electron chi connectivity index (χ4n) is 1.29. The highest BCUT2D eigenvalue weighted by atomic mass is 127. The standard InChI is InChI=1S/C11H15IN2O3S/c1-2-14-18(16,17)8-7-13-11(15)9-3-5-10(12)6-4-9/h3-6,14H,2,7-8H2,1H3,(H,13,15). The first-order valence-electron chi connectivity index (χ1n) is 5.45. The van der Waals surface area contributed by atoms with Crippen LogP contribution in [-0.4, -0.2) is 33.2 Å². The largest absolute Gasteiger partial charge is 0.351 e. The Hall–Kier alpha value is -0.670. The fraction of sp³-hybridized carbons (Fsp3) is 0.364. The molecular formula is C11H15IN2O3S. The van der Waals surface area contributed by atoms with Gasteiger partial charge in [-0.25, -0.2) is 13.1 Å². The van der Waals surface area contributed by atoms with Gasteiger partial charge >= 0.3 is 0 Å². The molecule has 2 N–H and O–H groups in total. The lowest BCUT2D eigenvalue weighted by molar-refractivity contribution is 0.0956. The van der Waals surface area contributed by atoms with Gasteiger partial charge in [-0.2, -0.15) is 0 Å². The molecule has 1 aromatic carbocycles. The summed E-state index contributed by atoms with van der Waals surface area (Å²) >= 11 is 2.15. The first-order valence-corrected chi connectivity index (χ1v) is 8.19. The second-order valence-corrected chi connectivity index (χ2v) is 6.75. The zero-order valence-electron chi connectivity index (χ0n) is 9.94. The molecule has 0 bridgehead atoms. The van der Waals surface area contributed by atoms with Crippen LogP contribution < -0.4 is 10.0 Å². The van der Waals surface area contributed by atoms with Gasteiger partial charge in [0.1, 0.15) is 0 Å². The van der Waals surface area contributed by atoms with Crippen LogP contribution in [0.5, 0.6) is 0 Å². The Labute approximate surface area is 121 Å². The molecule has 1 rings (SSSR count). The molecule has 0 aromatic heterocycles. The van der Waals surface area contributed by atoms with E-state index in [9.17, 15) is 13.2 Å². The Bertz CT molecular complexity index is 500. The summed E-state index contributed by atoms with van der Waals surface area (Å²) < 4.78 is 26.1. The average molecular weight is 382 g/mol. The Morgan fingerprint density at radius 1 is 1.28 bits per heavy atom. The van der Waals surface area contributed by atoms with Crippen molar-refractivity contribution in [2.45, 2.75) is 6.92 Å². The van der Waals surface area contributed by atoms with Gasteiger partial charge in [0.25, 0.3) is 5.91 Å². The van der Waals surface area contributed by atoms with E-state index in [2.05, 4.69) is 32.6 Å². The van der Waals surface area contributed by atoms with Crippen molar-refractivity contribution >= 4 is 38.5 Å². The lowest BCUT2D eigenvalue weighted by Crippen LogP contribution is -2.34. The van der Waals surface area contributed by atoms with Crippen LogP contribution >= 0.6 is 22.6 Å². The van der Waals surface area contributed by atoms with Crippen LogP contribution in [0.3, 0.4) is 0 Å². The Morgan fingerprint density at radius 2 is 1.89 bits per heavy atom. The van der Waals surface area contributed by atoms with Gasteiger partial charge in [0.15, 0.2) is 0 Å². The van der Waals surface area contributed by atoms with E-state index in [-0.39, 0.29) is 18.2 Å². The number of sulfonamides is 1. The summed E-state index contributed by atoms with van der Waals surface area (Å²) in [6.45, 7) is 2.16. The third-order valence-electron chi connectivity index (χ3n) is 2.13. The van der Waals surface area contributed by atoms with Crippen LogP contribution in [-0.2, 0) is 10.0 Å². The van der Waals surface area contributed by atoms with Crippen molar-refractivity contribution in [3.8, 4) is 0 Å². The van der Waals surface area contributed by atoms with Crippen molar-refractivity contribution in [1.82, 2.24) is 10.0 Å². The van der Waals surface area contributed by atoms with Crippen LogP contribution in [0.15, 0.2) is 24.3 Å². The number of hydrogen-bond acceptors (Lipinski definition) is 3. The van der Waals surface area contributed by atoms with Gasteiger partial charge in [0, 0.05) is 22.2 Å². The van der Waals surface area contributed by atoms with Gasteiger partial charge in [0.2, 0.25) is 10.0 Å². The number of nitrogens with one attached hydrogen (secondary N) is 2. The molecule has 0 atom stereocenters. The molecule has 100 valence electrons. The second kappa shape index (κ2) is 7.05. The summed E-state index contributed by atoms with van der Waals surface area (Å²) in [6, 6.07) is 7.06. The molecule has 0 radical (unpaired) electrons. The van der Waals surface area contributed by atoms with Crippen molar-refractivity contribution in [3.05, 3.63) is 33.4 Å². The summed E-state index contributed by atoms with van der Waals surface area (Å²) in [5.74, 6) is -0.380. The topological polar surface area (TPSA) is 75.3 Å². The summed E-state index contributed by atoms with van der Waals surface area (Å²) in [7, 11) is -3.28. The fourth-order valence-corrected chi connectivity index (χ4v) is 2.61. The molecule has 18 heavy (non-hydrogen) atoms. The number of carbonyl (C=O) groups excluding carboxylic acids is 1. The molecule has 0 unspecified atom stereocenters. The molecule has 0 aliphatic heterocycles. The highest BCUT2D eigenvalue weighted by Gasteiger charge is 2.10. The molecule has 0 saturated heterocycles. The van der Waals surface area contributed by atoms with Crippen LogP contribution in [0.4, 0.5) is 0 Å². The molecule has 5 nitrogen and oxygen atoms in total. The third kappa shape index (κ3) is 5.32. The van der Waals surface area contributed by atoms with Gasteiger partial charge in [-0.05, 0) is 46.9 Å². The first-order chi connectivity index (χ1) is 8.44. The molecular weight excluding hydrogens is 367 g/mol. The zero-order chi connectivity index (χ0) is 13.6. The minimum Gasteiger partial charge on any atom is -0.351 e. The van der Waals surface area contributed by atoms with Crippen LogP contribution in [0.2, 0.25) is 0 Å². The van der Waals surface area contributed by atoms with Crippen LogP contribution in [0.1, 0.15) is 17.3 Å². The summed E-state index contributed by atoms with van der Waals surface area (Å²) in [5, 5.41) is 2.57. The second-order valence-electron chi connectivity index (χ2n) is 3.58. The van der Waals surface area contributed by atoms with Gasteiger partial charge in [0.05, 0.1) is 5.75 Å². The van der Waals surface area contributed by atoms with Gasteiger partial charge in [-0.1, -0.05) is 6.92 Å². The molecule has 0 fully saturated rings. The minimum atomic E-state index is -3.28. The number of halogens is 1. The number of rotatable bonds is 6. The number of carbonyl (C=O) groups is 1. The summed E-state index contributed by atoms with van der Waals surface area (Å²) in [4.78, 5) is 11.7. The SMILES string of the molecule is CCNS(=O)(=O)CCNC(=O)c1ccc(I)cc1. The number of hydrogen-bond donors (Lipinski definition) is 2. The summed E-state index contributed by atoms with van der Waals surface area (Å²) in [6.07, 6.45) is 0. The molecule has 0 saturated carbocycles. The smallest absolute Gasteiger partial charge is 0.251 e. The predicted molar refractivity (Wildman–Crippen MR) is 79.0 cm³/mol. The molecule has 1 amide bonds. The van der Waals surface area contributed by atoms with Gasteiger partial charge in [-0.15, -0.1) is 0 Å². The molecule has 0 heterocycles. The van der Waals surface area contributed by atoms with Crippen molar-refractivity contribution in [1.29, 1.82) is 0 Å². The lowest BCUT2D eigenvalue weighted by Gasteiger charge is -2.06. The van der Waals surface area contributed by atoms with Crippen molar-refractivity contribution < 1.29 is 13.2 Å². The van der Waals surface area contributed by atoms with Crippen molar-refractivity contribution in [2.24, 2.45) is 0 Å². The molecule has 0 aliphatic carbocycles. The van der Waals surface area contributed by atoms with Crippen LogP contribution in [0.25, 0.3) is 0 Å². The lowest BCUT2D eigenvalue weighted by atomic mass is 10.2. The Morgan fingerprint density at radius 3 is 2.44 bits per heavy atom. The van der Waals surface area contributed by atoms with E-state index in [0.717, 1.165) is 3.57 Å². The monoisotopic (exact) mass is 382 g/mol.